The molecular weight excluding hydrogens is 176 g/mol. The Labute approximate surface area is 85.0 Å². The van der Waals surface area contributed by atoms with Gasteiger partial charge in [-0.15, -0.1) is 0 Å². The number of fused-ring (bicyclic) bond motifs is 1. The Morgan fingerprint density at radius 2 is 1.79 bits per heavy atom. The van der Waals surface area contributed by atoms with E-state index in [1.54, 1.807) is 23.1 Å². The average Bonchev–Trinajstić information content (AvgIpc) is 2.64. The zero-order valence-electron chi connectivity index (χ0n) is 9.52. The van der Waals surface area contributed by atoms with Gasteiger partial charge in [-0.05, 0) is 6.92 Å². The molecule has 0 saturated heterocycles. The molecule has 2 aromatic rings. The van der Waals surface area contributed by atoms with Gasteiger partial charge in [0.25, 0.3) is 0 Å². The summed E-state index contributed by atoms with van der Waals surface area (Å²) in [5.74, 6) is 0.771. The Bertz CT molecular complexity index is 321. The summed E-state index contributed by atoms with van der Waals surface area (Å²) < 4.78 is 1.70. The lowest BCUT2D eigenvalue weighted by Crippen LogP contribution is -1.85. The van der Waals surface area contributed by atoms with E-state index in [0.29, 0.717) is 0 Å². The zero-order valence-corrected chi connectivity index (χ0v) is 9.52. The summed E-state index contributed by atoms with van der Waals surface area (Å²) in [6, 6.07) is 0. The van der Waals surface area contributed by atoms with E-state index in [1.807, 2.05) is 34.6 Å². The first kappa shape index (κ1) is 12.6. The van der Waals surface area contributed by atoms with E-state index in [-0.39, 0.29) is 0 Å². The Kier molecular flexibility index (Phi) is 6.28. The van der Waals surface area contributed by atoms with Crippen molar-refractivity contribution in [1.82, 2.24) is 19.6 Å². The highest BCUT2D eigenvalue weighted by Crippen LogP contribution is 1.95. The summed E-state index contributed by atoms with van der Waals surface area (Å²) in [6.45, 7) is 9.85. The largest absolute Gasteiger partial charge is 0.259 e. The highest BCUT2D eigenvalue weighted by atomic mass is 15.3. The summed E-state index contributed by atoms with van der Waals surface area (Å²) in [7, 11) is 0. The molecule has 0 atom stereocenters. The molecule has 0 radical (unpaired) electrons. The minimum Gasteiger partial charge on any atom is -0.259 e. The molecule has 0 fully saturated rings. The minimum atomic E-state index is 0.771. The third-order valence-electron chi connectivity index (χ3n) is 1.25. The van der Waals surface area contributed by atoms with Gasteiger partial charge in [-0.3, -0.25) is 4.98 Å². The fourth-order valence-electron chi connectivity index (χ4n) is 0.856. The van der Waals surface area contributed by atoms with Crippen LogP contribution in [0.3, 0.4) is 0 Å². The van der Waals surface area contributed by atoms with Gasteiger partial charge in [0, 0.05) is 12.4 Å². The number of aromatic nitrogens is 4. The molecule has 14 heavy (non-hydrogen) atoms. The molecule has 0 bridgehead atoms. The fraction of sp³-hybridized carbons (Fsp3) is 0.500. The molecule has 2 heterocycles. The molecule has 0 N–H and O–H groups in total. The standard InChI is InChI=1S/C6H6N4.2C2H6/c1-5-8-6-4-7-2-3-10(6)9-5;2*1-2/h2-4H,1H3;2*1-2H3. The summed E-state index contributed by atoms with van der Waals surface area (Å²) >= 11 is 0. The number of hydrogen-bond donors (Lipinski definition) is 0. The maximum absolute atomic E-state index is 4.10. The monoisotopic (exact) mass is 194 g/mol. The normalized spacial score (nSPS) is 8.36. The number of nitrogens with zero attached hydrogens (tertiary/aromatic N) is 4. The van der Waals surface area contributed by atoms with E-state index in [1.165, 1.54) is 0 Å². The van der Waals surface area contributed by atoms with E-state index in [4.69, 9.17) is 0 Å². The lowest BCUT2D eigenvalue weighted by molar-refractivity contribution is 0.920. The number of aryl methyl sites for hydroxylation is 1. The zero-order chi connectivity index (χ0) is 11.0. The predicted molar refractivity (Wildman–Crippen MR) is 58.2 cm³/mol. The molecule has 0 amide bonds. The third kappa shape index (κ3) is 3.12. The molecule has 2 rings (SSSR count). The van der Waals surface area contributed by atoms with Crippen LogP contribution in [0.1, 0.15) is 33.5 Å². The van der Waals surface area contributed by atoms with Gasteiger partial charge in [0.05, 0.1) is 6.20 Å². The van der Waals surface area contributed by atoms with Crippen molar-refractivity contribution in [3.8, 4) is 0 Å². The summed E-state index contributed by atoms with van der Waals surface area (Å²) in [6.07, 6.45) is 5.14. The lowest BCUT2D eigenvalue weighted by Gasteiger charge is -1.84. The minimum absolute atomic E-state index is 0.771. The quantitative estimate of drug-likeness (QED) is 0.647. The van der Waals surface area contributed by atoms with Gasteiger partial charge in [-0.25, -0.2) is 9.50 Å². The van der Waals surface area contributed by atoms with Gasteiger partial charge >= 0.3 is 0 Å². The maximum atomic E-state index is 4.10. The fourth-order valence-corrected chi connectivity index (χ4v) is 0.856. The van der Waals surface area contributed by atoms with E-state index in [2.05, 4.69) is 15.1 Å². The molecule has 0 saturated carbocycles. The average molecular weight is 194 g/mol. The van der Waals surface area contributed by atoms with Crippen LogP contribution in [0.4, 0.5) is 0 Å². The first-order valence-corrected chi connectivity index (χ1v) is 4.99. The topological polar surface area (TPSA) is 43.1 Å². The summed E-state index contributed by atoms with van der Waals surface area (Å²) in [4.78, 5) is 8.01. The molecule has 0 aliphatic heterocycles. The summed E-state index contributed by atoms with van der Waals surface area (Å²) in [5, 5.41) is 4.08. The van der Waals surface area contributed by atoms with Crippen molar-refractivity contribution in [2.45, 2.75) is 34.6 Å². The van der Waals surface area contributed by atoms with Crippen molar-refractivity contribution >= 4 is 5.65 Å². The van der Waals surface area contributed by atoms with Gasteiger partial charge < -0.3 is 0 Å². The second-order valence-corrected chi connectivity index (χ2v) is 2.04. The van der Waals surface area contributed by atoms with E-state index in [0.717, 1.165) is 11.5 Å². The molecule has 0 unspecified atom stereocenters. The van der Waals surface area contributed by atoms with E-state index >= 15 is 0 Å². The van der Waals surface area contributed by atoms with Crippen molar-refractivity contribution in [3.05, 3.63) is 24.4 Å². The molecule has 0 aromatic carbocycles. The number of hydrogen-bond acceptors (Lipinski definition) is 3. The van der Waals surface area contributed by atoms with Crippen molar-refractivity contribution in [1.29, 1.82) is 0 Å². The lowest BCUT2D eigenvalue weighted by atomic mass is 10.7. The van der Waals surface area contributed by atoms with Crippen molar-refractivity contribution < 1.29 is 0 Å². The molecule has 0 aliphatic rings. The second kappa shape index (κ2) is 7.00. The Hall–Kier alpha value is -1.45. The Balaban J connectivity index is 0.000000379. The molecule has 78 valence electrons. The molecule has 0 spiro atoms. The Morgan fingerprint density at radius 3 is 2.36 bits per heavy atom. The van der Waals surface area contributed by atoms with Crippen LogP contribution in [0.5, 0.6) is 0 Å². The van der Waals surface area contributed by atoms with Crippen molar-refractivity contribution in [3.63, 3.8) is 0 Å². The third-order valence-corrected chi connectivity index (χ3v) is 1.25. The summed E-state index contributed by atoms with van der Waals surface area (Å²) in [5.41, 5.74) is 0.792. The van der Waals surface area contributed by atoms with Crippen molar-refractivity contribution in [2.75, 3.05) is 0 Å². The predicted octanol–water partition coefficient (Wildman–Crippen LogP) is 2.49. The van der Waals surface area contributed by atoms with Crippen LogP contribution < -0.4 is 0 Å². The van der Waals surface area contributed by atoms with Gasteiger partial charge in [0.1, 0.15) is 5.82 Å². The van der Waals surface area contributed by atoms with Crippen molar-refractivity contribution in [2.24, 2.45) is 0 Å². The first-order valence-electron chi connectivity index (χ1n) is 4.99. The van der Waals surface area contributed by atoms with Gasteiger partial charge in [-0.1, -0.05) is 27.7 Å². The molecule has 4 nitrogen and oxygen atoms in total. The SMILES string of the molecule is CC.CC.Cc1nc2cnccn2n1. The van der Waals surface area contributed by atoms with Gasteiger partial charge in [-0.2, -0.15) is 5.10 Å². The van der Waals surface area contributed by atoms with Crippen LogP contribution in [0.15, 0.2) is 18.6 Å². The molecule has 0 aliphatic carbocycles. The Morgan fingerprint density at radius 1 is 1.14 bits per heavy atom. The van der Waals surface area contributed by atoms with Crippen LogP contribution >= 0.6 is 0 Å². The number of rotatable bonds is 0. The van der Waals surface area contributed by atoms with Gasteiger partial charge in [0.15, 0.2) is 5.65 Å². The van der Waals surface area contributed by atoms with Crippen LogP contribution in [0.2, 0.25) is 0 Å². The second-order valence-electron chi connectivity index (χ2n) is 2.04. The van der Waals surface area contributed by atoms with Crippen LogP contribution in [-0.4, -0.2) is 19.6 Å². The van der Waals surface area contributed by atoms with Gasteiger partial charge in [0.2, 0.25) is 0 Å². The van der Waals surface area contributed by atoms with Crippen LogP contribution in [0.25, 0.3) is 5.65 Å². The highest BCUT2D eigenvalue weighted by molar-refractivity contribution is 5.32. The molecular formula is C10H18N4. The molecule has 2 aromatic heterocycles. The van der Waals surface area contributed by atoms with E-state index in [9.17, 15) is 0 Å². The maximum Gasteiger partial charge on any atom is 0.173 e. The van der Waals surface area contributed by atoms with Crippen LogP contribution in [0, 0.1) is 6.92 Å². The smallest absolute Gasteiger partial charge is 0.173 e. The van der Waals surface area contributed by atoms with E-state index < -0.39 is 0 Å². The highest BCUT2D eigenvalue weighted by Gasteiger charge is 1.94. The first-order chi connectivity index (χ1) is 6.86. The van der Waals surface area contributed by atoms with Crippen LogP contribution in [-0.2, 0) is 0 Å². The molecule has 4 heteroatoms.